The highest BCUT2D eigenvalue weighted by Gasteiger charge is 2.32. The Bertz CT molecular complexity index is 562. The van der Waals surface area contributed by atoms with Crippen molar-refractivity contribution < 1.29 is 15.0 Å². The third-order valence-electron chi connectivity index (χ3n) is 5.14. The standard InChI is InChI=1S/C20H30O3S/c1-15-13-16(7-6-11-24-12-8-18(21)22)19(23)17(14-15)20(2)9-4-3-5-10-20/h13-14,23H,3-12H2,1-2H3,(H,21,22). The van der Waals surface area contributed by atoms with Crippen molar-refractivity contribution >= 4 is 17.7 Å². The van der Waals surface area contributed by atoms with Gasteiger partial charge in [-0.3, -0.25) is 4.79 Å². The van der Waals surface area contributed by atoms with Crippen molar-refractivity contribution in [2.45, 2.75) is 70.6 Å². The summed E-state index contributed by atoms with van der Waals surface area (Å²) in [5.41, 5.74) is 3.52. The van der Waals surface area contributed by atoms with Crippen molar-refractivity contribution in [1.82, 2.24) is 0 Å². The van der Waals surface area contributed by atoms with E-state index < -0.39 is 5.97 Å². The van der Waals surface area contributed by atoms with Crippen LogP contribution in [0.4, 0.5) is 0 Å². The van der Waals surface area contributed by atoms with E-state index >= 15 is 0 Å². The number of aromatic hydroxyl groups is 1. The minimum atomic E-state index is -0.732. The Balaban J connectivity index is 1.99. The van der Waals surface area contributed by atoms with Gasteiger partial charge in [-0.25, -0.2) is 0 Å². The third kappa shape index (κ3) is 5.17. The van der Waals surface area contributed by atoms with Gasteiger partial charge in [-0.1, -0.05) is 43.9 Å². The van der Waals surface area contributed by atoms with Gasteiger partial charge in [-0.15, -0.1) is 0 Å². The van der Waals surface area contributed by atoms with Gasteiger partial charge < -0.3 is 10.2 Å². The maximum atomic E-state index is 10.8. The number of aliphatic carboxylic acids is 1. The van der Waals surface area contributed by atoms with Crippen LogP contribution >= 0.6 is 11.8 Å². The molecule has 0 spiro atoms. The van der Waals surface area contributed by atoms with Gasteiger partial charge in [0.25, 0.3) is 0 Å². The Hall–Kier alpha value is -1.16. The van der Waals surface area contributed by atoms with E-state index in [1.165, 1.54) is 24.8 Å². The molecule has 0 amide bonds. The number of thioether (sulfide) groups is 1. The summed E-state index contributed by atoms with van der Waals surface area (Å²) < 4.78 is 0. The van der Waals surface area contributed by atoms with Gasteiger partial charge in [0, 0.05) is 11.3 Å². The number of hydrogen-bond donors (Lipinski definition) is 2. The fourth-order valence-electron chi connectivity index (χ4n) is 3.73. The molecule has 0 radical (unpaired) electrons. The van der Waals surface area contributed by atoms with Crippen molar-refractivity contribution in [3.8, 4) is 5.75 Å². The normalized spacial score (nSPS) is 16.9. The number of hydrogen-bond acceptors (Lipinski definition) is 3. The number of benzene rings is 1. The second-order valence-corrected chi connectivity index (χ2v) is 8.53. The molecule has 134 valence electrons. The molecule has 0 heterocycles. The molecule has 1 aromatic rings. The van der Waals surface area contributed by atoms with Crippen molar-refractivity contribution in [2.24, 2.45) is 0 Å². The molecule has 1 aliphatic carbocycles. The maximum Gasteiger partial charge on any atom is 0.304 e. The van der Waals surface area contributed by atoms with E-state index in [4.69, 9.17) is 5.11 Å². The molecule has 0 aliphatic heterocycles. The molecule has 2 N–H and O–H groups in total. The van der Waals surface area contributed by atoms with Crippen molar-refractivity contribution in [2.75, 3.05) is 11.5 Å². The SMILES string of the molecule is Cc1cc(CCCSCCC(=O)O)c(O)c(C2(C)CCCCC2)c1. The van der Waals surface area contributed by atoms with Crippen LogP contribution in [0.25, 0.3) is 0 Å². The van der Waals surface area contributed by atoms with Crippen LogP contribution in [0.2, 0.25) is 0 Å². The Morgan fingerprint density at radius 2 is 1.92 bits per heavy atom. The molecule has 24 heavy (non-hydrogen) atoms. The molecule has 0 saturated heterocycles. The molecule has 0 unspecified atom stereocenters. The fraction of sp³-hybridized carbons (Fsp3) is 0.650. The Kier molecular flexibility index (Phi) is 7.02. The lowest BCUT2D eigenvalue weighted by Gasteiger charge is -2.35. The second kappa shape index (κ2) is 8.80. The zero-order valence-electron chi connectivity index (χ0n) is 14.9. The maximum absolute atomic E-state index is 10.8. The molecule has 1 aromatic carbocycles. The minimum absolute atomic E-state index is 0.110. The predicted molar refractivity (Wildman–Crippen MR) is 101 cm³/mol. The van der Waals surface area contributed by atoms with E-state index in [1.54, 1.807) is 11.8 Å². The summed E-state index contributed by atoms with van der Waals surface area (Å²) >= 11 is 1.68. The van der Waals surface area contributed by atoms with Gasteiger partial charge in [0.15, 0.2) is 0 Å². The predicted octanol–water partition coefficient (Wildman–Crippen LogP) is 5.06. The lowest BCUT2D eigenvalue weighted by atomic mass is 9.70. The topological polar surface area (TPSA) is 57.5 Å². The number of phenolic OH excluding ortho intramolecular Hbond substituents is 1. The first-order valence-electron chi connectivity index (χ1n) is 9.05. The molecule has 2 rings (SSSR count). The first-order valence-corrected chi connectivity index (χ1v) is 10.2. The molecule has 1 fully saturated rings. The molecule has 1 saturated carbocycles. The quantitative estimate of drug-likeness (QED) is 0.643. The molecule has 3 nitrogen and oxygen atoms in total. The largest absolute Gasteiger partial charge is 0.507 e. The zero-order chi connectivity index (χ0) is 17.6. The Morgan fingerprint density at radius 1 is 1.21 bits per heavy atom. The van der Waals surface area contributed by atoms with Gasteiger partial charge in [0.05, 0.1) is 6.42 Å². The highest BCUT2D eigenvalue weighted by atomic mass is 32.2. The van der Waals surface area contributed by atoms with E-state index in [0.717, 1.165) is 42.6 Å². The molecular formula is C20H30O3S. The number of phenols is 1. The lowest BCUT2D eigenvalue weighted by molar-refractivity contribution is -0.136. The highest BCUT2D eigenvalue weighted by molar-refractivity contribution is 7.99. The van der Waals surface area contributed by atoms with Gasteiger partial charge >= 0.3 is 5.97 Å². The van der Waals surface area contributed by atoms with Crippen molar-refractivity contribution in [3.63, 3.8) is 0 Å². The smallest absolute Gasteiger partial charge is 0.304 e. The van der Waals surface area contributed by atoms with Crippen molar-refractivity contribution in [1.29, 1.82) is 0 Å². The highest BCUT2D eigenvalue weighted by Crippen LogP contribution is 2.44. The molecule has 0 atom stereocenters. The first-order chi connectivity index (χ1) is 11.4. The van der Waals surface area contributed by atoms with Crippen molar-refractivity contribution in [3.05, 3.63) is 28.8 Å². The summed E-state index contributed by atoms with van der Waals surface area (Å²) in [6, 6.07) is 4.28. The third-order valence-corrected chi connectivity index (χ3v) is 6.21. The van der Waals surface area contributed by atoms with Gasteiger partial charge in [-0.2, -0.15) is 11.8 Å². The van der Waals surface area contributed by atoms with Crippen LogP contribution in [0, 0.1) is 6.92 Å². The molecule has 0 aromatic heterocycles. The molecular weight excluding hydrogens is 320 g/mol. The zero-order valence-corrected chi connectivity index (χ0v) is 15.8. The molecule has 1 aliphatic rings. The van der Waals surface area contributed by atoms with Gasteiger partial charge in [0.1, 0.15) is 5.75 Å². The summed E-state index contributed by atoms with van der Waals surface area (Å²) in [5.74, 6) is 1.37. The number of carboxylic acid groups (broad SMARTS) is 1. The van der Waals surface area contributed by atoms with E-state index in [0.29, 0.717) is 11.5 Å². The van der Waals surface area contributed by atoms with Crippen LogP contribution in [-0.4, -0.2) is 27.7 Å². The van der Waals surface area contributed by atoms with E-state index in [-0.39, 0.29) is 11.8 Å². The van der Waals surface area contributed by atoms with E-state index in [9.17, 15) is 9.90 Å². The van der Waals surface area contributed by atoms with Gasteiger partial charge in [0.2, 0.25) is 0 Å². The average molecular weight is 351 g/mol. The van der Waals surface area contributed by atoms with Crippen LogP contribution in [0.1, 0.15) is 68.6 Å². The summed E-state index contributed by atoms with van der Waals surface area (Å²) in [4.78, 5) is 10.5. The summed E-state index contributed by atoms with van der Waals surface area (Å²) in [6.45, 7) is 4.41. The van der Waals surface area contributed by atoms with Crippen LogP contribution < -0.4 is 0 Å². The molecule has 0 bridgehead atoms. The Morgan fingerprint density at radius 3 is 2.58 bits per heavy atom. The van der Waals surface area contributed by atoms with E-state index in [2.05, 4.69) is 26.0 Å². The number of rotatable bonds is 8. The average Bonchev–Trinajstić information content (AvgIpc) is 2.53. The van der Waals surface area contributed by atoms with Crippen LogP contribution in [0.5, 0.6) is 5.75 Å². The fourth-order valence-corrected chi connectivity index (χ4v) is 4.60. The van der Waals surface area contributed by atoms with Crippen LogP contribution in [0.3, 0.4) is 0 Å². The summed E-state index contributed by atoms with van der Waals surface area (Å²) in [7, 11) is 0. The number of carboxylic acids is 1. The van der Waals surface area contributed by atoms with E-state index in [1.807, 2.05) is 0 Å². The first kappa shape index (κ1) is 19.2. The molecule has 4 heteroatoms. The number of carbonyl (C=O) groups is 1. The monoisotopic (exact) mass is 350 g/mol. The van der Waals surface area contributed by atoms with Crippen LogP contribution in [0.15, 0.2) is 12.1 Å². The Labute approximate surface area is 149 Å². The minimum Gasteiger partial charge on any atom is -0.507 e. The summed E-state index contributed by atoms with van der Waals surface area (Å²) in [6.07, 6.45) is 8.18. The second-order valence-electron chi connectivity index (χ2n) is 7.30. The lowest BCUT2D eigenvalue weighted by Crippen LogP contribution is -2.25. The van der Waals surface area contributed by atoms with Crippen LogP contribution in [-0.2, 0) is 16.6 Å². The van der Waals surface area contributed by atoms with Gasteiger partial charge in [-0.05, 0) is 49.3 Å². The number of aryl methyl sites for hydroxylation is 2. The summed E-state index contributed by atoms with van der Waals surface area (Å²) in [5, 5.41) is 19.5.